The van der Waals surface area contributed by atoms with Gasteiger partial charge >= 0.3 is 0 Å². The number of carbonyl (C=O) groups is 1. The maximum absolute atomic E-state index is 11.9. The van der Waals surface area contributed by atoms with Crippen molar-refractivity contribution in [1.82, 2.24) is 9.88 Å². The lowest BCUT2D eigenvalue weighted by molar-refractivity contribution is -0.127. The van der Waals surface area contributed by atoms with Crippen LogP contribution in [0.5, 0.6) is 11.5 Å². The minimum Gasteiger partial charge on any atom is -0.493 e. The van der Waals surface area contributed by atoms with E-state index in [0.29, 0.717) is 75.3 Å². The lowest BCUT2D eigenvalue weighted by Crippen LogP contribution is -2.41. The van der Waals surface area contributed by atoms with Crippen molar-refractivity contribution in [2.75, 3.05) is 25.5 Å². The van der Waals surface area contributed by atoms with E-state index in [0.717, 1.165) is 0 Å². The molecule has 1 aliphatic rings. The first kappa shape index (κ1) is 27.1. The monoisotopic (exact) mass is 526 g/mol. The summed E-state index contributed by atoms with van der Waals surface area (Å²) in [5.41, 5.74) is 2.14. The van der Waals surface area contributed by atoms with Gasteiger partial charge in [0.25, 0.3) is 0 Å². The predicted octanol–water partition coefficient (Wildman–Crippen LogP) is 6.75. The summed E-state index contributed by atoms with van der Waals surface area (Å²) in [6, 6.07) is 10.9. The van der Waals surface area contributed by atoms with Crippen molar-refractivity contribution in [3.8, 4) is 17.6 Å². The van der Waals surface area contributed by atoms with Crippen LogP contribution in [0.1, 0.15) is 32.3 Å². The van der Waals surface area contributed by atoms with E-state index < -0.39 is 0 Å². The highest BCUT2D eigenvalue weighted by Gasteiger charge is 2.24. The van der Waals surface area contributed by atoms with E-state index in [1.165, 1.54) is 12.3 Å². The lowest BCUT2D eigenvalue weighted by Gasteiger charge is -2.31. The molecular weight excluding hydrogens is 499 g/mol. The number of methoxy groups -OCH3 is 1. The molecule has 0 aliphatic carbocycles. The molecule has 188 valence electrons. The van der Waals surface area contributed by atoms with Crippen molar-refractivity contribution >= 4 is 51.4 Å². The van der Waals surface area contributed by atoms with E-state index in [2.05, 4.69) is 22.9 Å². The number of hydrogen-bond donors (Lipinski definition) is 1. The third-order valence-corrected chi connectivity index (χ3v) is 6.23. The zero-order valence-electron chi connectivity index (χ0n) is 20.5. The van der Waals surface area contributed by atoms with Crippen molar-refractivity contribution in [3.05, 3.63) is 64.8 Å². The number of pyridine rings is 1. The summed E-state index contributed by atoms with van der Waals surface area (Å²) in [6.45, 7) is 8.73. The highest BCUT2D eigenvalue weighted by molar-refractivity contribution is 6.36. The van der Waals surface area contributed by atoms with Crippen LogP contribution in [0.25, 0.3) is 10.9 Å². The first-order valence-electron chi connectivity index (χ1n) is 11.6. The number of amides is 1. The number of anilines is 2. The molecule has 1 N–H and O–H groups in total. The summed E-state index contributed by atoms with van der Waals surface area (Å²) in [5, 5.41) is 14.6. The van der Waals surface area contributed by atoms with Gasteiger partial charge in [0.2, 0.25) is 5.91 Å². The Morgan fingerprint density at radius 1 is 1.22 bits per heavy atom. The molecule has 36 heavy (non-hydrogen) atoms. The lowest BCUT2D eigenvalue weighted by atomic mass is 10.1. The van der Waals surface area contributed by atoms with Crippen molar-refractivity contribution < 1.29 is 14.3 Å². The van der Waals surface area contributed by atoms with Gasteiger partial charge in [-0.1, -0.05) is 43.6 Å². The maximum atomic E-state index is 11.9. The van der Waals surface area contributed by atoms with Gasteiger partial charge in [-0.05, 0) is 30.3 Å². The van der Waals surface area contributed by atoms with E-state index >= 15 is 0 Å². The Balaban J connectivity index is 0.00000176. The van der Waals surface area contributed by atoms with Gasteiger partial charge in [0.05, 0.1) is 34.6 Å². The number of hydrogen-bond acceptors (Lipinski definition) is 6. The number of nitrogens with one attached hydrogen (secondary N) is 1. The number of aromatic nitrogens is 1. The fourth-order valence-corrected chi connectivity index (χ4v) is 4.36. The SMILES string of the molecule is C=CC(=O)N1CCC(Oc2cc3c(Nc4ccc(Cl)cc4Cl)c(C#N)cnc3cc2OC)CC1.CC. The molecule has 1 amide bonds. The van der Waals surface area contributed by atoms with Crippen LogP contribution in [0.2, 0.25) is 10.0 Å². The molecule has 0 saturated carbocycles. The summed E-state index contributed by atoms with van der Waals surface area (Å²) >= 11 is 12.4. The Hall–Kier alpha value is -3.47. The summed E-state index contributed by atoms with van der Waals surface area (Å²) in [5.74, 6) is 0.990. The first-order valence-corrected chi connectivity index (χ1v) is 12.4. The smallest absolute Gasteiger partial charge is 0.245 e. The van der Waals surface area contributed by atoms with E-state index in [1.54, 1.807) is 36.3 Å². The van der Waals surface area contributed by atoms with Crippen LogP contribution in [0, 0.1) is 11.3 Å². The molecule has 9 heteroatoms. The highest BCUT2D eigenvalue weighted by atomic mass is 35.5. The third kappa shape index (κ3) is 6.01. The number of benzene rings is 2. The standard InChI is InChI=1S/C25H22Cl2N4O3.C2H6/c1-3-24(32)31-8-6-17(7-9-31)34-23-11-18-21(12-22(23)33-2)29-14-15(13-28)25(18)30-20-5-4-16(26)10-19(20)27;1-2/h3-5,10-12,14,17H,1,6-9H2,2H3,(H,29,30);1-2H3. The second-order valence-corrected chi connectivity index (χ2v) is 8.62. The second-order valence-electron chi connectivity index (χ2n) is 7.77. The number of likely N-dealkylation sites (tertiary alicyclic amines) is 1. The molecule has 2 heterocycles. The average Bonchev–Trinajstić information content (AvgIpc) is 2.91. The van der Waals surface area contributed by atoms with Crippen LogP contribution in [-0.2, 0) is 4.79 Å². The molecule has 0 spiro atoms. The molecule has 7 nitrogen and oxygen atoms in total. The van der Waals surface area contributed by atoms with Gasteiger partial charge in [-0.3, -0.25) is 9.78 Å². The topological polar surface area (TPSA) is 87.5 Å². The number of fused-ring (bicyclic) bond motifs is 1. The first-order chi connectivity index (χ1) is 17.4. The van der Waals surface area contributed by atoms with Crippen molar-refractivity contribution in [2.24, 2.45) is 0 Å². The number of carbonyl (C=O) groups excluding carboxylic acids is 1. The molecular formula is C27H28Cl2N4O3. The molecule has 2 aromatic carbocycles. The Morgan fingerprint density at radius 3 is 2.56 bits per heavy atom. The van der Waals surface area contributed by atoms with Gasteiger partial charge in [0, 0.05) is 48.6 Å². The van der Waals surface area contributed by atoms with E-state index in [1.807, 2.05) is 19.9 Å². The van der Waals surface area contributed by atoms with Gasteiger partial charge in [0.15, 0.2) is 11.5 Å². The minimum atomic E-state index is -0.0885. The fraction of sp³-hybridized carbons (Fsp3) is 0.296. The van der Waals surface area contributed by atoms with Gasteiger partial charge in [-0.25, -0.2) is 0 Å². The second kappa shape index (κ2) is 12.5. The van der Waals surface area contributed by atoms with Crippen LogP contribution in [0.15, 0.2) is 49.2 Å². The Labute approximate surface area is 221 Å². The largest absolute Gasteiger partial charge is 0.493 e. The summed E-state index contributed by atoms with van der Waals surface area (Å²) in [7, 11) is 1.57. The van der Waals surface area contributed by atoms with Crippen LogP contribution in [0.4, 0.5) is 11.4 Å². The van der Waals surface area contributed by atoms with Crippen molar-refractivity contribution in [2.45, 2.75) is 32.8 Å². The van der Waals surface area contributed by atoms with Gasteiger partial charge in [-0.15, -0.1) is 0 Å². The molecule has 0 unspecified atom stereocenters. The van der Waals surface area contributed by atoms with Gasteiger partial charge in [-0.2, -0.15) is 5.26 Å². The highest BCUT2D eigenvalue weighted by Crippen LogP contribution is 2.39. The quantitative estimate of drug-likeness (QED) is 0.357. The Morgan fingerprint density at radius 2 is 1.94 bits per heavy atom. The molecule has 1 fully saturated rings. The van der Waals surface area contributed by atoms with E-state index in [9.17, 15) is 10.1 Å². The van der Waals surface area contributed by atoms with E-state index in [-0.39, 0.29) is 12.0 Å². The number of ether oxygens (including phenoxy) is 2. The molecule has 1 aromatic heterocycles. The number of halogens is 2. The van der Waals surface area contributed by atoms with E-state index in [4.69, 9.17) is 32.7 Å². The summed E-state index contributed by atoms with van der Waals surface area (Å²) < 4.78 is 11.8. The molecule has 0 bridgehead atoms. The zero-order chi connectivity index (χ0) is 26.2. The number of nitrogens with zero attached hydrogens (tertiary/aromatic N) is 3. The summed E-state index contributed by atoms with van der Waals surface area (Å²) in [4.78, 5) is 18.0. The van der Waals surface area contributed by atoms with Crippen LogP contribution in [-0.4, -0.2) is 42.1 Å². The summed E-state index contributed by atoms with van der Waals surface area (Å²) in [6.07, 6.45) is 4.11. The van der Waals surface area contributed by atoms with Crippen molar-refractivity contribution in [1.29, 1.82) is 5.26 Å². The predicted molar refractivity (Wildman–Crippen MR) is 145 cm³/mol. The van der Waals surface area contributed by atoms with Crippen LogP contribution in [0.3, 0.4) is 0 Å². The third-order valence-electron chi connectivity index (χ3n) is 5.69. The average molecular weight is 527 g/mol. The molecule has 0 atom stereocenters. The van der Waals surface area contributed by atoms with Crippen LogP contribution >= 0.6 is 23.2 Å². The molecule has 0 radical (unpaired) electrons. The molecule has 3 aromatic rings. The van der Waals surface area contributed by atoms with Gasteiger partial charge < -0.3 is 19.7 Å². The Kier molecular flexibility index (Phi) is 9.40. The number of nitriles is 1. The van der Waals surface area contributed by atoms with Crippen molar-refractivity contribution in [3.63, 3.8) is 0 Å². The molecule has 4 rings (SSSR count). The van der Waals surface area contributed by atoms with Crippen LogP contribution < -0.4 is 14.8 Å². The maximum Gasteiger partial charge on any atom is 0.245 e. The molecule has 1 saturated heterocycles. The Bertz CT molecular complexity index is 1300. The molecule has 1 aliphatic heterocycles. The normalized spacial score (nSPS) is 13.3. The number of rotatable bonds is 6. The minimum absolute atomic E-state index is 0.0755. The zero-order valence-corrected chi connectivity index (χ0v) is 22.0. The van der Waals surface area contributed by atoms with Gasteiger partial charge in [0.1, 0.15) is 12.2 Å². The number of piperidine rings is 1. The fourth-order valence-electron chi connectivity index (χ4n) is 3.90.